The molecule has 0 bridgehead atoms. The minimum Gasteiger partial charge on any atom is -0.377 e. The number of nitrogens with zero attached hydrogens (tertiary/aromatic N) is 1. The standard InChI is InChI=1S/C10H16Cl2N4O/c1-3-17-6(2)5-14-9-7(11)4-8(12)10(15-9)16-13/h4,6H,3,5,13H2,1-2H3,(H2,14,15,16). The van der Waals surface area contributed by atoms with Gasteiger partial charge in [0.1, 0.15) is 5.82 Å². The van der Waals surface area contributed by atoms with Gasteiger partial charge in [0.05, 0.1) is 16.1 Å². The summed E-state index contributed by atoms with van der Waals surface area (Å²) < 4.78 is 5.38. The molecular weight excluding hydrogens is 263 g/mol. The van der Waals surface area contributed by atoms with E-state index in [1.165, 1.54) is 0 Å². The van der Waals surface area contributed by atoms with Gasteiger partial charge in [-0.15, -0.1) is 0 Å². The van der Waals surface area contributed by atoms with Crippen LogP contribution in [-0.4, -0.2) is 24.2 Å². The summed E-state index contributed by atoms with van der Waals surface area (Å²) in [6.07, 6.45) is 0.0721. The Hall–Kier alpha value is -0.750. The molecule has 7 heteroatoms. The lowest BCUT2D eigenvalue weighted by Gasteiger charge is -2.14. The van der Waals surface area contributed by atoms with E-state index in [4.69, 9.17) is 33.8 Å². The zero-order chi connectivity index (χ0) is 12.8. The molecule has 1 atom stereocenters. The Morgan fingerprint density at radius 2 is 2.06 bits per heavy atom. The predicted octanol–water partition coefficient (Wildman–Crippen LogP) is 2.51. The summed E-state index contributed by atoms with van der Waals surface area (Å²) in [6, 6.07) is 1.58. The maximum atomic E-state index is 6.00. The van der Waals surface area contributed by atoms with Gasteiger partial charge in [0.25, 0.3) is 0 Å². The van der Waals surface area contributed by atoms with E-state index in [1.807, 2.05) is 13.8 Å². The number of aromatic nitrogens is 1. The third kappa shape index (κ3) is 4.20. The first-order chi connectivity index (χ1) is 8.08. The van der Waals surface area contributed by atoms with Crippen molar-refractivity contribution in [1.82, 2.24) is 4.98 Å². The van der Waals surface area contributed by atoms with E-state index in [0.29, 0.717) is 34.8 Å². The first kappa shape index (κ1) is 14.3. The molecule has 1 aromatic rings. The van der Waals surface area contributed by atoms with Crippen molar-refractivity contribution < 1.29 is 4.74 Å². The van der Waals surface area contributed by atoms with Crippen LogP contribution in [0, 0.1) is 0 Å². The molecule has 4 N–H and O–H groups in total. The van der Waals surface area contributed by atoms with Gasteiger partial charge >= 0.3 is 0 Å². The minimum absolute atomic E-state index is 0.0721. The molecule has 1 unspecified atom stereocenters. The Labute approximate surface area is 111 Å². The Morgan fingerprint density at radius 3 is 2.65 bits per heavy atom. The molecule has 1 heterocycles. The Kier molecular flexibility index (Phi) is 5.77. The molecule has 0 fully saturated rings. The van der Waals surface area contributed by atoms with Crippen molar-refractivity contribution in [3.8, 4) is 0 Å². The molecule has 0 saturated heterocycles. The topological polar surface area (TPSA) is 72.2 Å². The lowest BCUT2D eigenvalue weighted by molar-refractivity contribution is 0.0855. The average molecular weight is 279 g/mol. The van der Waals surface area contributed by atoms with Gasteiger partial charge in [-0.3, -0.25) is 0 Å². The molecule has 96 valence electrons. The van der Waals surface area contributed by atoms with Crippen molar-refractivity contribution in [2.24, 2.45) is 5.84 Å². The number of pyridine rings is 1. The molecule has 0 aliphatic rings. The van der Waals surface area contributed by atoms with Crippen LogP contribution < -0.4 is 16.6 Å². The van der Waals surface area contributed by atoms with E-state index >= 15 is 0 Å². The number of ether oxygens (including phenoxy) is 1. The van der Waals surface area contributed by atoms with E-state index < -0.39 is 0 Å². The molecule has 1 aromatic heterocycles. The molecule has 17 heavy (non-hydrogen) atoms. The van der Waals surface area contributed by atoms with Gasteiger partial charge in [-0.25, -0.2) is 10.8 Å². The highest BCUT2D eigenvalue weighted by Gasteiger charge is 2.09. The zero-order valence-electron chi connectivity index (χ0n) is 9.76. The van der Waals surface area contributed by atoms with E-state index in [1.54, 1.807) is 6.07 Å². The van der Waals surface area contributed by atoms with E-state index in [0.717, 1.165) is 0 Å². The van der Waals surface area contributed by atoms with Gasteiger partial charge < -0.3 is 15.5 Å². The minimum atomic E-state index is 0.0721. The van der Waals surface area contributed by atoms with Crippen molar-refractivity contribution in [1.29, 1.82) is 0 Å². The number of hydrazine groups is 1. The molecule has 0 aliphatic heterocycles. The lowest BCUT2D eigenvalue weighted by Crippen LogP contribution is -2.21. The first-order valence-electron chi connectivity index (χ1n) is 5.26. The highest BCUT2D eigenvalue weighted by Crippen LogP contribution is 2.28. The second-order valence-electron chi connectivity index (χ2n) is 3.44. The summed E-state index contributed by atoms with van der Waals surface area (Å²) in [7, 11) is 0. The van der Waals surface area contributed by atoms with E-state index in [9.17, 15) is 0 Å². The van der Waals surface area contributed by atoms with Gasteiger partial charge in [-0.1, -0.05) is 23.2 Å². The summed E-state index contributed by atoms with van der Waals surface area (Å²) >= 11 is 11.9. The predicted molar refractivity (Wildman–Crippen MR) is 71.6 cm³/mol. The smallest absolute Gasteiger partial charge is 0.161 e. The van der Waals surface area contributed by atoms with Crippen molar-refractivity contribution in [2.75, 3.05) is 23.9 Å². The Bertz CT molecular complexity index is 376. The van der Waals surface area contributed by atoms with Crippen LogP contribution in [0.25, 0.3) is 0 Å². The van der Waals surface area contributed by atoms with Crippen LogP contribution in [0.2, 0.25) is 10.0 Å². The number of nitrogens with one attached hydrogen (secondary N) is 2. The third-order valence-electron chi connectivity index (χ3n) is 2.07. The van der Waals surface area contributed by atoms with Gasteiger partial charge in [0, 0.05) is 13.2 Å². The van der Waals surface area contributed by atoms with Crippen LogP contribution in [0.4, 0.5) is 11.6 Å². The van der Waals surface area contributed by atoms with Crippen molar-refractivity contribution in [3.63, 3.8) is 0 Å². The van der Waals surface area contributed by atoms with Crippen molar-refractivity contribution in [3.05, 3.63) is 16.1 Å². The maximum absolute atomic E-state index is 6.00. The van der Waals surface area contributed by atoms with Crippen LogP contribution in [0.5, 0.6) is 0 Å². The Morgan fingerprint density at radius 1 is 1.41 bits per heavy atom. The molecule has 0 aromatic carbocycles. The normalized spacial score (nSPS) is 12.3. The van der Waals surface area contributed by atoms with Crippen molar-refractivity contribution in [2.45, 2.75) is 20.0 Å². The van der Waals surface area contributed by atoms with Gasteiger partial charge in [-0.05, 0) is 19.9 Å². The number of anilines is 2. The molecule has 0 aliphatic carbocycles. The fourth-order valence-electron chi connectivity index (χ4n) is 1.28. The second-order valence-corrected chi connectivity index (χ2v) is 4.25. The number of nitrogens with two attached hydrogens (primary N) is 1. The molecule has 5 nitrogen and oxygen atoms in total. The molecule has 0 radical (unpaired) electrons. The molecule has 0 saturated carbocycles. The monoisotopic (exact) mass is 278 g/mol. The zero-order valence-corrected chi connectivity index (χ0v) is 11.3. The van der Waals surface area contributed by atoms with Gasteiger partial charge in [0.15, 0.2) is 5.82 Å². The maximum Gasteiger partial charge on any atom is 0.161 e. The SMILES string of the molecule is CCOC(C)CNc1nc(NN)c(Cl)cc1Cl. The summed E-state index contributed by atoms with van der Waals surface area (Å²) in [5.41, 5.74) is 2.40. The number of hydrogen-bond acceptors (Lipinski definition) is 5. The average Bonchev–Trinajstić information content (AvgIpc) is 2.28. The molecule has 0 spiro atoms. The largest absolute Gasteiger partial charge is 0.377 e. The second kappa shape index (κ2) is 6.86. The highest BCUT2D eigenvalue weighted by atomic mass is 35.5. The molecular formula is C10H16Cl2N4O. The fraction of sp³-hybridized carbons (Fsp3) is 0.500. The number of hydrogen-bond donors (Lipinski definition) is 3. The first-order valence-corrected chi connectivity index (χ1v) is 6.02. The summed E-state index contributed by atoms with van der Waals surface area (Å²) in [5.74, 6) is 6.18. The summed E-state index contributed by atoms with van der Waals surface area (Å²) in [6.45, 7) is 5.18. The Balaban J connectivity index is 2.70. The van der Waals surface area contributed by atoms with Gasteiger partial charge in [-0.2, -0.15) is 0 Å². The van der Waals surface area contributed by atoms with Crippen LogP contribution in [-0.2, 0) is 4.74 Å². The molecule has 1 rings (SSSR count). The summed E-state index contributed by atoms with van der Waals surface area (Å²) in [4.78, 5) is 4.16. The van der Waals surface area contributed by atoms with Crippen LogP contribution in [0.3, 0.4) is 0 Å². The van der Waals surface area contributed by atoms with Crippen LogP contribution in [0.1, 0.15) is 13.8 Å². The van der Waals surface area contributed by atoms with E-state index in [2.05, 4.69) is 15.7 Å². The number of nitrogen functional groups attached to an aromatic ring is 1. The van der Waals surface area contributed by atoms with Crippen molar-refractivity contribution >= 4 is 34.8 Å². The number of halogens is 2. The van der Waals surface area contributed by atoms with Crippen LogP contribution in [0.15, 0.2) is 6.07 Å². The fourth-order valence-corrected chi connectivity index (χ4v) is 1.76. The van der Waals surface area contributed by atoms with Gasteiger partial charge in [0.2, 0.25) is 0 Å². The summed E-state index contributed by atoms with van der Waals surface area (Å²) in [5, 5.41) is 3.90. The highest BCUT2D eigenvalue weighted by molar-refractivity contribution is 6.37. The third-order valence-corrected chi connectivity index (χ3v) is 2.65. The number of rotatable bonds is 6. The van der Waals surface area contributed by atoms with E-state index in [-0.39, 0.29) is 6.10 Å². The lowest BCUT2D eigenvalue weighted by atomic mass is 10.3. The molecule has 0 amide bonds. The quantitative estimate of drug-likeness (QED) is 0.551. The van der Waals surface area contributed by atoms with Crippen LogP contribution >= 0.6 is 23.2 Å².